The van der Waals surface area contributed by atoms with Gasteiger partial charge in [-0.25, -0.2) is 0 Å². The molecule has 0 radical (unpaired) electrons. The van der Waals surface area contributed by atoms with Crippen molar-refractivity contribution in [3.05, 3.63) is 57.6 Å². The Morgan fingerprint density at radius 3 is 2.60 bits per heavy atom. The highest BCUT2D eigenvalue weighted by Gasteiger charge is 2.15. The topological polar surface area (TPSA) is 39.7 Å². The second-order valence-electron chi connectivity index (χ2n) is 5.12. The largest absolute Gasteiger partial charge is 0.493 e. The second-order valence-corrected chi connectivity index (χ2v) is 6.35. The van der Waals surface area contributed by atoms with Crippen LogP contribution >= 0.6 is 35.4 Å². The molecule has 1 N–H and O–H groups in total. The molecule has 0 amide bonds. The molecule has 0 spiro atoms. The molecule has 25 heavy (non-hydrogen) atoms. The van der Waals surface area contributed by atoms with Gasteiger partial charge in [0.1, 0.15) is 11.6 Å². The zero-order valence-electron chi connectivity index (χ0n) is 14.0. The number of rotatable bonds is 8. The molecule has 0 fully saturated rings. The number of hydrogen-bond acceptors (Lipinski definition) is 4. The van der Waals surface area contributed by atoms with E-state index < -0.39 is 0 Å². The van der Waals surface area contributed by atoms with Crippen molar-refractivity contribution in [2.24, 2.45) is 0 Å². The van der Waals surface area contributed by atoms with E-state index >= 15 is 0 Å². The van der Waals surface area contributed by atoms with Crippen molar-refractivity contribution in [2.45, 2.75) is 6.61 Å². The zero-order valence-corrected chi connectivity index (χ0v) is 16.3. The predicted octanol–water partition coefficient (Wildman–Crippen LogP) is 4.49. The Morgan fingerprint density at radius 2 is 1.92 bits per heavy atom. The van der Waals surface area contributed by atoms with Gasteiger partial charge in [-0.05, 0) is 29.8 Å². The molecular weight excluding hydrogens is 381 g/mol. The van der Waals surface area contributed by atoms with E-state index in [4.69, 9.17) is 49.6 Å². The van der Waals surface area contributed by atoms with Crippen LogP contribution in [0.5, 0.6) is 11.5 Å². The molecule has 0 atom stereocenters. The maximum atomic E-state index is 6.05. The van der Waals surface area contributed by atoms with E-state index in [9.17, 15) is 0 Å². The van der Waals surface area contributed by atoms with Crippen LogP contribution in [0.15, 0.2) is 36.4 Å². The van der Waals surface area contributed by atoms with E-state index in [2.05, 4.69) is 5.32 Å². The first-order chi connectivity index (χ1) is 12.1. The molecule has 0 aliphatic rings. The van der Waals surface area contributed by atoms with Gasteiger partial charge in [0.15, 0.2) is 11.5 Å². The van der Waals surface area contributed by atoms with E-state index in [1.54, 1.807) is 26.4 Å². The van der Waals surface area contributed by atoms with Crippen LogP contribution in [0.1, 0.15) is 11.1 Å². The van der Waals surface area contributed by atoms with Crippen molar-refractivity contribution in [1.29, 1.82) is 0 Å². The molecule has 0 aromatic heterocycles. The molecule has 0 bridgehead atoms. The van der Waals surface area contributed by atoms with Gasteiger partial charge in [-0.15, -0.1) is 0 Å². The highest BCUT2D eigenvalue weighted by molar-refractivity contribution is 7.80. The van der Waals surface area contributed by atoms with Crippen LogP contribution < -0.4 is 14.8 Å². The lowest BCUT2D eigenvalue weighted by Crippen LogP contribution is -2.26. The number of benzene rings is 2. The first-order valence-electron chi connectivity index (χ1n) is 7.57. The average molecular weight is 400 g/mol. The fourth-order valence-electron chi connectivity index (χ4n) is 2.15. The van der Waals surface area contributed by atoms with Gasteiger partial charge in [0.2, 0.25) is 0 Å². The lowest BCUT2D eigenvalue weighted by atomic mass is 10.1. The number of thiocarbonyl (C=S) groups is 1. The first kappa shape index (κ1) is 19.8. The third kappa shape index (κ3) is 5.47. The van der Waals surface area contributed by atoms with Gasteiger partial charge in [0.05, 0.1) is 29.3 Å². The lowest BCUT2D eigenvalue weighted by Gasteiger charge is -2.16. The van der Waals surface area contributed by atoms with Crippen LogP contribution in [0.3, 0.4) is 0 Å². The fraction of sp³-hybridized carbons (Fsp3) is 0.278. The molecule has 0 saturated heterocycles. The molecule has 134 valence electrons. The summed E-state index contributed by atoms with van der Waals surface area (Å²) in [4.78, 5) is 0.570. The van der Waals surface area contributed by atoms with Gasteiger partial charge in [-0.2, -0.15) is 0 Å². The van der Waals surface area contributed by atoms with E-state index in [0.29, 0.717) is 46.3 Å². The summed E-state index contributed by atoms with van der Waals surface area (Å²) in [7, 11) is 3.23. The third-order valence-corrected chi connectivity index (χ3v) is 4.51. The molecule has 0 heterocycles. The summed E-state index contributed by atoms with van der Waals surface area (Å²) in [5, 5.41) is 4.13. The number of methoxy groups -OCH3 is 2. The Morgan fingerprint density at radius 1 is 1.12 bits per heavy atom. The summed E-state index contributed by atoms with van der Waals surface area (Å²) in [6.45, 7) is 1.48. The summed E-state index contributed by atoms with van der Waals surface area (Å²) in [6.07, 6.45) is 0. The van der Waals surface area contributed by atoms with Crippen LogP contribution in [0.2, 0.25) is 10.0 Å². The number of ether oxygens (including phenoxy) is 3. The summed E-state index contributed by atoms with van der Waals surface area (Å²) >= 11 is 17.5. The van der Waals surface area contributed by atoms with Crippen LogP contribution in [0.4, 0.5) is 0 Å². The number of hydrogen-bond donors (Lipinski definition) is 1. The molecule has 2 aromatic rings. The first-order valence-corrected chi connectivity index (χ1v) is 8.74. The van der Waals surface area contributed by atoms with Gasteiger partial charge < -0.3 is 19.5 Å². The monoisotopic (exact) mass is 399 g/mol. The Kier molecular flexibility index (Phi) is 7.78. The normalized spacial score (nSPS) is 10.4. The Balaban J connectivity index is 2.19. The molecular formula is C18H19Cl2NO3S. The molecule has 4 nitrogen and oxygen atoms in total. The second kappa shape index (κ2) is 9.82. The van der Waals surface area contributed by atoms with Crippen LogP contribution in [0.25, 0.3) is 0 Å². The van der Waals surface area contributed by atoms with E-state index in [-0.39, 0.29) is 0 Å². The minimum atomic E-state index is 0.310. The Hall–Kier alpha value is -1.53. The van der Waals surface area contributed by atoms with Crippen molar-refractivity contribution >= 4 is 40.4 Å². The molecule has 0 unspecified atom stereocenters. The van der Waals surface area contributed by atoms with Crippen molar-refractivity contribution < 1.29 is 14.2 Å². The third-order valence-electron chi connectivity index (χ3n) is 3.40. The summed E-state index contributed by atoms with van der Waals surface area (Å²) < 4.78 is 16.4. The van der Waals surface area contributed by atoms with E-state index in [1.165, 1.54) is 0 Å². The fourth-order valence-corrected chi connectivity index (χ4v) is 2.73. The molecule has 0 aliphatic carbocycles. The maximum absolute atomic E-state index is 6.05. The van der Waals surface area contributed by atoms with Gasteiger partial charge >= 0.3 is 0 Å². The highest BCUT2D eigenvalue weighted by Crippen LogP contribution is 2.32. The molecule has 7 heteroatoms. The molecule has 0 saturated carbocycles. The average Bonchev–Trinajstić information content (AvgIpc) is 2.62. The summed E-state index contributed by atoms with van der Waals surface area (Å²) in [5.41, 5.74) is 1.65. The maximum Gasteiger partial charge on any atom is 0.171 e. The van der Waals surface area contributed by atoms with Crippen molar-refractivity contribution in [2.75, 3.05) is 27.4 Å². The van der Waals surface area contributed by atoms with Crippen molar-refractivity contribution in [3.8, 4) is 11.5 Å². The standard InChI is InChI=1S/C18H19Cl2NO3S/c1-22-9-8-21-18(25)13-4-3-5-16(23-2)17(13)24-11-12-6-7-14(19)15(20)10-12/h3-7,10H,8-9,11H2,1-2H3,(H,21,25). The Labute approximate surface area is 163 Å². The highest BCUT2D eigenvalue weighted by atomic mass is 35.5. The van der Waals surface area contributed by atoms with Gasteiger partial charge in [0, 0.05) is 13.7 Å². The SMILES string of the molecule is COCCNC(=S)c1cccc(OC)c1OCc1ccc(Cl)c(Cl)c1. The molecule has 2 aromatic carbocycles. The zero-order chi connectivity index (χ0) is 18.2. The minimum absolute atomic E-state index is 0.310. The van der Waals surface area contributed by atoms with Crippen LogP contribution in [-0.2, 0) is 11.3 Å². The smallest absolute Gasteiger partial charge is 0.171 e. The van der Waals surface area contributed by atoms with Gasteiger partial charge in [-0.3, -0.25) is 0 Å². The minimum Gasteiger partial charge on any atom is -0.493 e. The van der Waals surface area contributed by atoms with Crippen molar-refractivity contribution in [1.82, 2.24) is 5.32 Å². The molecule has 0 aliphatic heterocycles. The number of para-hydroxylation sites is 1. The van der Waals surface area contributed by atoms with E-state index in [1.807, 2.05) is 24.3 Å². The number of halogens is 2. The van der Waals surface area contributed by atoms with E-state index in [0.717, 1.165) is 11.1 Å². The van der Waals surface area contributed by atoms with Gasteiger partial charge in [0.25, 0.3) is 0 Å². The molecule has 2 rings (SSSR count). The summed E-state index contributed by atoms with van der Waals surface area (Å²) in [6, 6.07) is 10.9. The number of nitrogens with one attached hydrogen (secondary N) is 1. The van der Waals surface area contributed by atoms with Crippen LogP contribution in [-0.4, -0.2) is 32.4 Å². The van der Waals surface area contributed by atoms with Crippen molar-refractivity contribution in [3.63, 3.8) is 0 Å². The summed E-state index contributed by atoms with van der Waals surface area (Å²) in [5.74, 6) is 1.18. The quantitative estimate of drug-likeness (QED) is 0.522. The Bertz CT molecular complexity index is 740. The van der Waals surface area contributed by atoms with Crippen LogP contribution in [0, 0.1) is 0 Å². The van der Waals surface area contributed by atoms with Gasteiger partial charge in [-0.1, -0.05) is 47.6 Å². The predicted molar refractivity (Wildman–Crippen MR) is 105 cm³/mol. The lowest BCUT2D eigenvalue weighted by molar-refractivity contribution is 0.204.